The Morgan fingerprint density at radius 3 is 2.59 bits per heavy atom. The lowest BCUT2D eigenvalue weighted by Crippen LogP contribution is -2.16. The van der Waals surface area contributed by atoms with Gasteiger partial charge in [0.1, 0.15) is 11.6 Å². The standard InChI is InChI=1S/C21H18Cl3FN4O2S/c1-3-8-29-20(12(2)31-14-6-4-13(25)5-7-14)27-28-21(29)32-11-19(30)26-18-10-16(23)15(22)9-17(18)24/h3-7,9-10,12H,1,8,11H2,2H3,(H,26,30). The van der Waals surface area contributed by atoms with Crippen LogP contribution < -0.4 is 10.1 Å². The molecule has 0 fully saturated rings. The molecule has 1 N–H and O–H groups in total. The van der Waals surface area contributed by atoms with Crippen molar-refractivity contribution in [2.45, 2.75) is 24.7 Å². The van der Waals surface area contributed by atoms with Crippen LogP contribution in [0, 0.1) is 5.82 Å². The van der Waals surface area contributed by atoms with E-state index in [0.717, 1.165) is 0 Å². The zero-order valence-electron chi connectivity index (χ0n) is 16.8. The number of hydrogen-bond acceptors (Lipinski definition) is 5. The number of anilines is 1. The van der Waals surface area contributed by atoms with Gasteiger partial charge in [0.2, 0.25) is 5.91 Å². The minimum Gasteiger partial charge on any atom is -0.483 e. The third kappa shape index (κ3) is 6.16. The minimum absolute atomic E-state index is 0.0546. The van der Waals surface area contributed by atoms with Gasteiger partial charge < -0.3 is 10.1 Å². The molecule has 6 nitrogen and oxygen atoms in total. The first-order valence-electron chi connectivity index (χ1n) is 9.32. The number of carbonyl (C=O) groups excluding carboxylic acids is 1. The fraction of sp³-hybridized carbons (Fsp3) is 0.190. The van der Waals surface area contributed by atoms with Crippen molar-refractivity contribution in [3.8, 4) is 5.75 Å². The molecule has 32 heavy (non-hydrogen) atoms. The van der Waals surface area contributed by atoms with E-state index in [0.29, 0.717) is 34.0 Å². The van der Waals surface area contributed by atoms with Crippen molar-refractivity contribution in [1.82, 2.24) is 14.8 Å². The maximum absolute atomic E-state index is 13.1. The Hall–Kier alpha value is -2.26. The number of carbonyl (C=O) groups is 1. The molecule has 1 unspecified atom stereocenters. The fourth-order valence-electron chi connectivity index (χ4n) is 2.71. The van der Waals surface area contributed by atoms with E-state index in [2.05, 4.69) is 22.1 Å². The van der Waals surface area contributed by atoms with Crippen LogP contribution in [0.2, 0.25) is 15.1 Å². The zero-order chi connectivity index (χ0) is 23.3. The van der Waals surface area contributed by atoms with Gasteiger partial charge in [-0.05, 0) is 43.3 Å². The van der Waals surface area contributed by atoms with E-state index in [-0.39, 0.29) is 27.5 Å². The second-order valence-corrected chi connectivity index (χ2v) is 8.70. The highest BCUT2D eigenvalue weighted by atomic mass is 35.5. The number of nitrogens with one attached hydrogen (secondary N) is 1. The molecule has 0 aliphatic heterocycles. The predicted molar refractivity (Wildman–Crippen MR) is 126 cm³/mol. The van der Waals surface area contributed by atoms with Gasteiger partial charge in [-0.15, -0.1) is 16.8 Å². The molecule has 0 bridgehead atoms. The highest BCUT2D eigenvalue weighted by Gasteiger charge is 2.20. The number of benzene rings is 2. The lowest BCUT2D eigenvalue weighted by Gasteiger charge is -2.15. The number of halogens is 4. The molecule has 0 saturated heterocycles. The summed E-state index contributed by atoms with van der Waals surface area (Å²) in [5.41, 5.74) is 0.362. The van der Waals surface area contributed by atoms with Crippen molar-refractivity contribution in [2.24, 2.45) is 0 Å². The van der Waals surface area contributed by atoms with Crippen LogP contribution in [0.25, 0.3) is 0 Å². The summed E-state index contributed by atoms with van der Waals surface area (Å²) < 4.78 is 20.8. The Kier molecular flexibility index (Phi) is 8.42. The summed E-state index contributed by atoms with van der Waals surface area (Å²) >= 11 is 19.2. The number of thioether (sulfide) groups is 1. The molecule has 3 rings (SSSR count). The van der Waals surface area contributed by atoms with Crippen molar-refractivity contribution in [3.63, 3.8) is 0 Å². The van der Waals surface area contributed by atoms with E-state index in [4.69, 9.17) is 39.5 Å². The lowest BCUT2D eigenvalue weighted by molar-refractivity contribution is -0.113. The number of ether oxygens (including phenoxy) is 1. The normalized spacial score (nSPS) is 11.8. The van der Waals surface area contributed by atoms with Crippen molar-refractivity contribution < 1.29 is 13.9 Å². The minimum atomic E-state index is -0.467. The summed E-state index contributed by atoms with van der Waals surface area (Å²) in [6, 6.07) is 8.65. The molecule has 0 saturated carbocycles. The predicted octanol–water partition coefficient (Wildman–Crippen LogP) is 6.43. The molecule has 0 spiro atoms. The smallest absolute Gasteiger partial charge is 0.234 e. The quantitative estimate of drug-likeness (QED) is 0.202. The van der Waals surface area contributed by atoms with Crippen LogP contribution in [0.5, 0.6) is 5.75 Å². The largest absolute Gasteiger partial charge is 0.483 e. The highest BCUT2D eigenvalue weighted by Crippen LogP contribution is 2.32. The van der Waals surface area contributed by atoms with Gasteiger partial charge in [0.15, 0.2) is 17.1 Å². The third-order valence-corrected chi connectivity index (χ3v) is 6.17. The van der Waals surface area contributed by atoms with Crippen LogP contribution in [0.3, 0.4) is 0 Å². The van der Waals surface area contributed by atoms with Crippen LogP contribution >= 0.6 is 46.6 Å². The van der Waals surface area contributed by atoms with Gasteiger partial charge >= 0.3 is 0 Å². The van der Waals surface area contributed by atoms with E-state index >= 15 is 0 Å². The number of allylic oxidation sites excluding steroid dienone is 1. The Bertz CT molecular complexity index is 1120. The van der Waals surface area contributed by atoms with Crippen molar-refractivity contribution in [3.05, 3.63) is 75.8 Å². The van der Waals surface area contributed by atoms with E-state index in [9.17, 15) is 9.18 Å². The summed E-state index contributed by atoms with van der Waals surface area (Å²) in [4.78, 5) is 12.4. The van der Waals surface area contributed by atoms with Crippen LogP contribution in [0.15, 0.2) is 54.2 Å². The van der Waals surface area contributed by atoms with Gasteiger partial charge in [-0.25, -0.2) is 4.39 Å². The fourth-order valence-corrected chi connectivity index (χ4v) is 4.06. The number of hydrogen-bond donors (Lipinski definition) is 1. The Morgan fingerprint density at radius 1 is 1.22 bits per heavy atom. The average Bonchev–Trinajstić information content (AvgIpc) is 3.15. The summed E-state index contributed by atoms with van der Waals surface area (Å²) in [6.45, 7) is 5.99. The first kappa shape index (κ1) is 24.4. The van der Waals surface area contributed by atoms with E-state index < -0.39 is 6.10 Å². The first-order chi connectivity index (χ1) is 15.3. The Labute approximate surface area is 203 Å². The molecule has 1 heterocycles. The molecule has 0 aliphatic rings. The van der Waals surface area contributed by atoms with Gasteiger partial charge in [-0.3, -0.25) is 9.36 Å². The molecule has 2 aromatic carbocycles. The topological polar surface area (TPSA) is 69.0 Å². The molecule has 11 heteroatoms. The van der Waals surface area contributed by atoms with E-state index in [1.54, 1.807) is 17.6 Å². The SMILES string of the molecule is C=CCn1c(SCC(=O)Nc2cc(Cl)c(Cl)cc2Cl)nnc1C(C)Oc1ccc(F)cc1. The van der Waals surface area contributed by atoms with Crippen molar-refractivity contribution in [1.29, 1.82) is 0 Å². The maximum atomic E-state index is 13.1. The Morgan fingerprint density at radius 2 is 1.91 bits per heavy atom. The molecule has 1 atom stereocenters. The zero-order valence-corrected chi connectivity index (χ0v) is 19.9. The first-order valence-corrected chi connectivity index (χ1v) is 11.4. The van der Waals surface area contributed by atoms with Crippen LogP contribution in [-0.2, 0) is 11.3 Å². The summed E-state index contributed by atoms with van der Waals surface area (Å²) in [5.74, 6) is 0.447. The maximum Gasteiger partial charge on any atom is 0.234 e. The number of amides is 1. The van der Waals surface area contributed by atoms with Crippen molar-refractivity contribution >= 4 is 58.2 Å². The van der Waals surface area contributed by atoms with Gasteiger partial charge in [-0.1, -0.05) is 52.6 Å². The number of aromatic nitrogens is 3. The third-order valence-electron chi connectivity index (χ3n) is 4.16. The second kappa shape index (κ2) is 11.0. The molecular weight excluding hydrogens is 498 g/mol. The van der Waals surface area contributed by atoms with Gasteiger partial charge in [0.25, 0.3) is 0 Å². The molecular formula is C21H18Cl3FN4O2S. The molecule has 3 aromatic rings. The summed E-state index contributed by atoms with van der Waals surface area (Å²) in [6.07, 6.45) is 1.22. The van der Waals surface area contributed by atoms with E-state index in [1.165, 1.54) is 48.2 Å². The second-order valence-electron chi connectivity index (χ2n) is 6.54. The van der Waals surface area contributed by atoms with E-state index in [1.807, 2.05) is 0 Å². The molecule has 0 radical (unpaired) electrons. The summed E-state index contributed by atoms with van der Waals surface area (Å²) in [5, 5.41) is 12.5. The van der Waals surface area contributed by atoms with Gasteiger partial charge in [0.05, 0.1) is 26.5 Å². The Balaban J connectivity index is 1.68. The monoisotopic (exact) mass is 514 g/mol. The molecule has 0 aliphatic carbocycles. The van der Waals surface area contributed by atoms with Crippen LogP contribution in [0.4, 0.5) is 10.1 Å². The van der Waals surface area contributed by atoms with Gasteiger partial charge in [0, 0.05) is 6.54 Å². The number of rotatable bonds is 9. The van der Waals surface area contributed by atoms with Crippen molar-refractivity contribution in [2.75, 3.05) is 11.1 Å². The van der Waals surface area contributed by atoms with Crippen LogP contribution in [0.1, 0.15) is 18.9 Å². The molecule has 168 valence electrons. The van der Waals surface area contributed by atoms with Crippen LogP contribution in [-0.4, -0.2) is 26.4 Å². The molecule has 1 aromatic heterocycles. The number of nitrogens with zero attached hydrogens (tertiary/aromatic N) is 3. The summed E-state index contributed by atoms with van der Waals surface area (Å²) in [7, 11) is 0. The van der Waals surface area contributed by atoms with Gasteiger partial charge in [-0.2, -0.15) is 0 Å². The highest BCUT2D eigenvalue weighted by molar-refractivity contribution is 7.99. The lowest BCUT2D eigenvalue weighted by atomic mass is 10.3. The average molecular weight is 516 g/mol. The molecule has 1 amide bonds.